The summed E-state index contributed by atoms with van der Waals surface area (Å²) in [5.41, 5.74) is 0.190. The van der Waals surface area contributed by atoms with Crippen molar-refractivity contribution in [3.63, 3.8) is 0 Å². The molecule has 0 aliphatic heterocycles. The van der Waals surface area contributed by atoms with Gasteiger partial charge in [0.1, 0.15) is 5.82 Å². The van der Waals surface area contributed by atoms with Crippen molar-refractivity contribution in [1.82, 2.24) is 4.98 Å². The number of alkyl halides is 3. The smallest absolute Gasteiger partial charge is 0.416 e. The summed E-state index contributed by atoms with van der Waals surface area (Å²) in [5.74, 6) is -0.689. The molecule has 0 unspecified atom stereocenters. The highest BCUT2D eigenvalue weighted by Gasteiger charge is 2.31. The Kier molecular flexibility index (Phi) is 5.66. The first kappa shape index (κ1) is 18.8. The number of pyridine rings is 1. The minimum Gasteiger partial charge on any atom is -0.478 e. The van der Waals surface area contributed by atoms with Crippen molar-refractivity contribution >= 4 is 17.5 Å². The average Bonchev–Trinajstić information content (AvgIpc) is 2.54. The van der Waals surface area contributed by atoms with E-state index >= 15 is 0 Å². The standard InChI is InChI=1S/C18H19F3N2O2/c1-3-4-7-23(16-6-5-13(11-22-16)17(24)25)15-9-12(2)8-14(10-15)18(19,20)21/h5-6,8-11H,3-4,7H2,1-2H3,(H,24,25). The van der Waals surface area contributed by atoms with Gasteiger partial charge in [-0.15, -0.1) is 0 Å². The molecule has 0 fully saturated rings. The van der Waals surface area contributed by atoms with Crippen molar-refractivity contribution in [2.75, 3.05) is 11.4 Å². The third-order valence-corrected chi connectivity index (χ3v) is 3.71. The number of hydrogen-bond acceptors (Lipinski definition) is 3. The summed E-state index contributed by atoms with van der Waals surface area (Å²) < 4.78 is 39.3. The molecular formula is C18H19F3N2O2. The van der Waals surface area contributed by atoms with Gasteiger partial charge in [-0.25, -0.2) is 9.78 Å². The lowest BCUT2D eigenvalue weighted by atomic mass is 10.1. The van der Waals surface area contributed by atoms with Crippen molar-refractivity contribution in [2.45, 2.75) is 32.9 Å². The second-order valence-corrected chi connectivity index (χ2v) is 5.77. The third-order valence-electron chi connectivity index (χ3n) is 3.71. The number of aryl methyl sites for hydroxylation is 1. The van der Waals surface area contributed by atoms with E-state index in [-0.39, 0.29) is 5.56 Å². The van der Waals surface area contributed by atoms with E-state index in [1.54, 1.807) is 17.9 Å². The number of rotatable bonds is 6. The van der Waals surface area contributed by atoms with Crippen LogP contribution in [0.4, 0.5) is 24.7 Å². The van der Waals surface area contributed by atoms with Crippen molar-refractivity contribution in [3.8, 4) is 0 Å². The number of carbonyl (C=O) groups is 1. The van der Waals surface area contributed by atoms with Crippen LogP contribution in [-0.2, 0) is 6.18 Å². The second kappa shape index (κ2) is 7.55. The van der Waals surface area contributed by atoms with Crippen molar-refractivity contribution in [3.05, 3.63) is 53.2 Å². The summed E-state index contributed by atoms with van der Waals surface area (Å²) in [5, 5.41) is 8.96. The predicted molar refractivity (Wildman–Crippen MR) is 89.3 cm³/mol. The summed E-state index contributed by atoms with van der Waals surface area (Å²) in [6, 6.07) is 6.76. The molecule has 0 spiro atoms. The van der Waals surface area contributed by atoms with Gasteiger partial charge < -0.3 is 10.0 Å². The molecule has 1 aromatic heterocycles. The van der Waals surface area contributed by atoms with Crippen LogP contribution >= 0.6 is 0 Å². The number of carboxylic acid groups (broad SMARTS) is 1. The van der Waals surface area contributed by atoms with Crippen LogP contribution in [0.3, 0.4) is 0 Å². The normalized spacial score (nSPS) is 11.4. The predicted octanol–water partition coefficient (Wildman–Crippen LogP) is 5.05. The van der Waals surface area contributed by atoms with Crippen LogP contribution < -0.4 is 4.90 Å². The Morgan fingerprint density at radius 3 is 2.48 bits per heavy atom. The van der Waals surface area contributed by atoms with Gasteiger partial charge in [-0.3, -0.25) is 0 Å². The van der Waals surface area contributed by atoms with Gasteiger partial charge in [0.05, 0.1) is 11.1 Å². The molecule has 134 valence electrons. The highest BCUT2D eigenvalue weighted by Crippen LogP contribution is 2.34. The summed E-state index contributed by atoms with van der Waals surface area (Å²) in [4.78, 5) is 16.7. The Hall–Kier alpha value is -2.57. The lowest BCUT2D eigenvalue weighted by molar-refractivity contribution is -0.137. The molecule has 1 aromatic carbocycles. The van der Waals surface area contributed by atoms with Gasteiger partial charge in [-0.05, 0) is 49.2 Å². The molecular weight excluding hydrogens is 333 g/mol. The number of aromatic carboxylic acids is 1. The summed E-state index contributed by atoms with van der Waals surface area (Å²) in [7, 11) is 0. The molecule has 2 aromatic rings. The van der Waals surface area contributed by atoms with Gasteiger partial charge in [0.25, 0.3) is 0 Å². The third kappa shape index (κ3) is 4.71. The van der Waals surface area contributed by atoms with Crippen molar-refractivity contribution < 1.29 is 23.1 Å². The summed E-state index contributed by atoms with van der Waals surface area (Å²) >= 11 is 0. The largest absolute Gasteiger partial charge is 0.478 e. The highest BCUT2D eigenvalue weighted by atomic mass is 19.4. The van der Waals surface area contributed by atoms with Gasteiger partial charge in [0.2, 0.25) is 0 Å². The second-order valence-electron chi connectivity index (χ2n) is 5.77. The molecule has 2 rings (SSSR count). The van der Waals surface area contributed by atoms with Crippen molar-refractivity contribution in [2.24, 2.45) is 0 Å². The van der Waals surface area contributed by atoms with E-state index in [4.69, 9.17) is 5.11 Å². The number of carboxylic acids is 1. The SMILES string of the molecule is CCCCN(c1cc(C)cc(C(F)(F)F)c1)c1ccc(C(=O)O)cn1. The van der Waals surface area contributed by atoms with Gasteiger partial charge >= 0.3 is 12.1 Å². The monoisotopic (exact) mass is 352 g/mol. The minimum atomic E-state index is -4.43. The minimum absolute atomic E-state index is 0.0272. The first-order chi connectivity index (χ1) is 11.7. The van der Waals surface area contributed by atoms with E-state index in [0.29, 0.717) is 23.6 Å². The lowest BCUT2D eigenvalue weighted by Crippen LogP contribution is -2.20. The molecule has 0 aliphatic rings. The molecule has 0 radical (unpaired) electrons. The van der Waals surface area contributed by atoms with Gasteiger partial charge in [-0.2, -0.15) is 13.2 Å². The number of halogens is 3. The van der Waals surface area contributed by atoms with E-state index in [2.05, 4.69) is 4.98 Å². The van der Waals surface area contributed by atoms with Gasteiger partial charge in [0.15, 0.2) is 0 Å². The van der Waals surface area contributed by atoms with Gasteiger partial charge in [0, 0.05) is 18.4 Å². The van der Waals surface area contributed by atoms with E-state index in [1.807, 2.05) is 6.92 Å². The molecule has 0 saturated carbocycles. The maximum atomic E-state index is 13.1. The van der Waals surface area contributed by atoms with Crippen LogP contribution in [0.5, 0.6) is 0 Å². The zero-order valence-electron chi connectivity index (χ0n) is 14.0. The van der Waals surface area contributed by atoms with Gasteiger partial charge in [-0.1, -0.05) is 13.3 Å². The fraction of sp³-hybridized carbons (Fsp3) is 0.333. The molecule has 0 amide bonds. The Labute approximate surface area is 143 Å². The fourth-order valence-corrected chi connectivity index (χ4v) is 2.45. The van der Waals surface area contributed by atoms with Crippen LogP contribution in [0, 0.1) is 6.92 Å². The lowest BCUT2D eigenvalue weighted by Gasteiger charge is -2.25. The molecule has 1 heterocycles. The number of anilines is 2. The average molecular weight is 352 g/mol. The number of unbranched alkanes of at least 4 members (excludes halogenated alkanes) is 1. The first-order valence-electron chi connectivity index (χ1n) is 7.88. The fourth-order valence-electron chi connectivity index (χ4n) is 2.45. The molecule has 1 N–H and O–H groups in total. The number of nitrogens with zero attached hydrogens (tertiary/aromatic N) is 2. The maximum Gasteiger partial charge on any atom is 0.416 e. The van der Waals surface area contributed by atoms with Crippen LogP contribution in [0.1, 0.15) is 41.3 Å². The summed E-state index contributed by atoms with van der Waals surface area (Å²) in [6.45, 7) is 4.07. The molecule has 0 saturated heterocycles. The first-order valence-corrected chi connectivity index (χ1v) is 7.88. The Morgan fingerprint density at radius 1 is 1.24 bits per heavy atom. The molecule has 4 nitrogen and oxygen atoms in total. The maximum absolute atomic E-state index is 13.1. The highest BCUT2D eigenvalue weighted by molar-refractivity contribution is 5.87. The molecule has 0 atom stereocenters. The van der Waals surface area contributed by atoms with E-state index in [0.717, 1.165) is 25.0 Å². The van der Waals surface area contributed by atoms with E-state index in [9.17, 15) is 18.0 Å². The van der Waals surface area contributed by atoms with E-state index in [1.165, 1.54) is 18.3 Å². The zero-order valence-corrected chi connectivity index (χ0v) is 14.0. The van der Waals surface area contributed by atoms with Crippen molar-refractivity contribution in [1.29, 1.82) is 0 Å². The van der Waals surface area contributed by atoms with Crippen LogP contribution in [0.25, 0.3) is 0 Å². The van der Waals surface area contributed by atoms with Crippen LogP contribution in [0.15, 0.2) is 36.5 Å². The Balaban J connectivity index is 2.47. The summed E-state index contributed by atoms with van der Waals surface area (Å²) in [6.07, 6.45) is -1.60. The molecule has 25 heavy (non-hydrogen) atoms. The number of aromatic nitrogens is 1. The van der Waals surface area contributed by atoms with Crippen LogP contribution in [0.2, 0.25) is 0 Å². The molecule has 0 bridgehead atoms. The topological polar surface area (TPSA) is 53.4 Å². The zero-order chi connectivity index (χ0) is 18.6. The quantitative estimate of drug-likeness (QED) is 0.791. The Morgan fingerprint density at radius 2 is 1.96 bits per heavy atom. The Bertz CT molecular complexity index is 743. The van der Waals surface area contributed by atoms with E-state index < -0.39 is 17.7 Å². The number of benzene rings is 1. The van der Waals surface area contributed by atoms with Crippen LogP contribution in [-0.4, -0.2) is 22.6 Å². The molecule has 7 heteroatoms. The number of hydrogen-bond donors (Lipinski definition) is 1. The molecule has 0 aliphatic carbocycles.